The van der Waals surface area contributed by atoms with Crippen LogP contribution < -0.4 is 4.74 Å². The molecule has 2 aromatic carbocycles. The molecule has 202 valence electrons. The third kappa shape index (κ3) is 10.8. The van der Waals surface area contributed by atoms with Crippen LogP contribution in [-0.4, -0.2) is 44.3 Å². The summed E-state index contributed by atoms with van der Waals surface area (Å²) in [5, 5.41) is 8.39. The van der Waals surface area contributed by atoms with Crippen LogP contribution >= 0.6 is 0 Å². The van der Waals surface area contributed by atoms with Gasteiger partial charge in [0.05, 0.1) is 43.4 Å². The Bertz CT molecular complexity index is 1150. The van der Waals surface area contributed by atoms with Crippen LogP contribution in [0.4, 0.5) is 11.4 Å². The number of benzene rings is 2. The molecule has 0 aliphatic carbocycles. The van der Waals surface area contributed by atoms with E-state index < -0.39 is 17.9 Å². The van der Waals surface area contributed by atoms with Gasteiger partial charge in [-0.15, -0.1) is 0 Å². The molecule has 0 saturated carbocycles. The van der Waals surface area contributed by atoms with E-state index in [1.807, 2.05) is 13.8 Å². The summed E-state index contributed by atoms with van der Waals surface area (Å²) in [5.74, 6) is -0.831. The summed E-state index contributed by atoms with van der Waals surface area (Å²) in [6.45, 7) is 14.9. The van der Waals surface area contributed by atoms with Gasteiger partial charge in [-0.25, -0.2) is 14.4 Å². The minimum atomic E-state index is -0.481. The lowest BCUT2D eigenvalue weighted by atomic mass is 10.2. The lowest BCUT2D eigenvalue weighted by molar-refractivity contribution is -0.141. The maximum absolute atomic E-state index is 12.3. The molecule has 0 heterocycles. The van der Waals surface area contributed by atoms with Crippen LogP contribution in [0.2, 0.25) is 0 Å². The zero-order valence-corrected chi connectivity index (χ0v) is 22.3. The summed E-state index contributed by atoms with van der Waals surface area (Å²) in [6.07, 6.45) is 0. The maximum atomic E-state index is 12.3. The number of ether oxygens (including phenoxy) is 4. The van der Waals surface area contributed by atoms with Crippen LogP contribution in [0.5, 0.6) is 5.75 Å². The van der Waals surface area contributed by atoms with E-state index in [0.29, 0.717) is 40.4 Å². The molecule has 2 aromatic rings. The van der Waals surface area contributed by atoms with Gasteiger partial charge in [0.1, 0.15) is 5.75 Å². The number of esters is 3. The first kappa shape index (κ1) is 30.0. The summed E-state index contributed by atoms with van der Waals surface area (Å²) >= 11 is 0. The molecule has 9 nitrogen and oxygen atoms in total. The number of nitrogens with zero attached hydrogens (tertiary/aromatic N) is 2. The zero-order valence-electron chi connectivity index (χ0n) is 22.3. The quantitative estimate of drug-likeness (QED) is 0.127. The molecule has 0 aliphatic rings. The highest BCUT2D eigenvalue weighted by molar-refractivity contribution is 5.89. The van der Waals surface area contributed by atoms with Crippen molar-refractivity contribution in [1.29, 1.82) is 0 Å². The van der Waals surface area contributed by atoms with Crippen molar-refractivity contribution in [2.75, 3.05) is 26.4 Å². The van der Waals surface area contributed by atoms with Crippen molar-refractivity contribution in [2.45, 2.75) is 27.7 Å². The summed E-state index contributed by atoms with van der Waals surface area (Å²) in [5.41, 5.74) is 2.26. The minimum Gasteiger partial charge on any atom is -0.493 e. The van der Waals surface area contributed by atoms with E-state index in [2.05, 4.69) is 23.4 Å². The molecule has 0 bridgehead atoms. The highest BCUT2D eigenvalue weighted by atomic mass is 16.5. The van der Waals surface area contributed by atoms with Crippen molar-refractivity contribution in [1.82, 2.24) is 0 Å². The molecule has 0 spiro atoms. The van der Waals surface area contributed by atoms with Gasteiger partial charge in [-0.05, 0) is 62.4 Å². The molecule has 0 unspecified atom stereocenters. The van der Waals surface area contributed by atoms with Crippen LogP contribution in [0.3, 0.4) is 0 Å². The number of carbonyl (C=O) groups excluding carboxylic acids is 3. The molecule has 0 saturated heterocycles. The second kappa shape index (κ2) is 15.1. The Kier molecular flexibility index (Phi) is 11.9. The fraction of sp³-hybridized carbons (Fsp3) is 0.345. The van der Waals surface area contributed by atoms with Gasteiger partial charge in [0.15, 0.2) is 0 Å². The van der Waals surface area contributed by atoms with E-state index >= 15 is 0 Å². The summed E-state index contributed by atoms with van der Waals surface area (Å²) in [7, 11) is 0. The predicted molar refractivity (Wildman–Crippen MR) is 143 cm³/mol. The molecular formula is C29H34N2O7. The first-order valence-corrected chi connectivity index (χ1v) is 12.1. The van der Waals surface area contributed by atoms with Gasteiger partial charge < -0.3 is 18.9 Å². The Morgan fingerprint density at radius 3 is 1.58 bits per heavy atom. The lowest BCUT2D eigenvalue weighted by Crippen LogP contribution is -2.18. The molecule has 0 radical (unpaired) electrons. The molecule has 0 aliphatic heterocycles. The Morgan fingerprint density at radius 2 is 1.11 bits per heavy atom. The predicted octanol–water partition coefficient (Wildman–Crippen LogP) is 6.15. The number of azo groups is 1. The molecule has 9 heteroatoms. The molecule has 0 N–H and O–H groups in total. The van der Waals surface area contributed by atoms with Crippen LogP contribution in [0.15, 0.2) is 83.1 Å². The molecule has 2 atom stereocenters. The molecule has 38 heavy (non-hydrogen) atoms. The van der Waals surface area contributed by atoms with E-state index in [4.69, 9.17) is 18.9 Å². The van der Waals surface area contributed by atoms with E-state index in [9.17, 15) is 14.4 Å². The van der Waals surface area contributed by atoms with Gasteiger partial charge in [0.25, 0.3) is 0 Å². The van der Waals surface area contributed by atoms with Crippen molar-refractivity contribution in [3.8, 4) is 5.75 Å². The molecule has 0 aromatic heterocycles. The minimum absolute atomic E-state index is 0.0210. The fourth-order valence-corrected chi connectivity index (χ4v) is 2.71. The van der Waals surface area contributed by atoms with E-state index in [-0.39, 0.29) is 31.7 Å². The molecule has 0 fully saturated rings. The molecular weight excluding hydrogens is 488 g/mol. The summed E-state index contributed by atoms with van der Waals surface area (Å²) < 4.78 is 21.2. The molecule has 2 rings (SSSR count). The first-order chi connectivity index (χ1) is 18.0. The number of rotatable bonds is 14. The smallest absolute Gasteiger partial charge is 0.338 e. The first-order valence-electron chi connectivity index (χ1n) is 12.1. The summed E-state index contributed by atoms with van der Waals surface area (Å²) in [4.78, 5) is 35.2. The number of hydrogen-bond acceptors (Lipinski definition) is 9. The van der Waals surface area contributed by atoms with Gasteiger partial charge in [-0.3, -0.25) is 0 Å². The number of carbonyl (C=O) groups is 3. The topological polar surface area (TPSA) is 113 Å². The van der Waals surface area contributed by atoms with Gasteiger partial charge in [0.2, 0.25) is 0 Å². The third-order valence-corrected chi connectivity index (χ3v) is 4.95. The van der Waals surface area contributed by atoms with Crippen LogP contribution in [-0.2, 0) is 23.8 Å². The zero-order chi connectivity index (χ0) is 28.1. The van der Waals surface area contributed by atoms with Crippen molar-refractivity contribution in [2.24, 2.45) is 22.1 Å². The Hall–Kier alpha value is -4.27. The monoisotopic (exact) mass is 522 g/mol. The second-order valence-corrected chi connectivity index (χ2v) is 9.12. The maximum Gasteiger partial charge on any atom is 0.338 e. The van der Waals surface area contributed by atoms with Crippen molar-refractivity contribution in [3.63, 3.8) is 0 Å². The number of hydrogen-bond donors (Lipinski definition) is 0. The normalized spacial score (nSPS) is 12.3. The molecule has 0 amide bonds. The largest absolute Gasteiger partial charge is 0.493 e. The van der Waals surface area contributed by atoms with Gasteiger partial charge in [-0.1, -0.05) is 27.0 Å². The SMILES string of the molecule is C=C(C)C(=O)OC[C@H](C)COC(=O)c1ccc(N=Nc2ccc(OC[C@@H](C)COC(=O)C(=C)C)cc2)cc1. The second-order valence-electron chi connectivity index (χ2n) is 9.12. The van der Waals surface area contributed by atoms with Crippen molar-refractivity contribution >= 4 is 29.3 Å². The summed E-state index contributed by atoms with van der Waals surface area (Å²) in [6, 6.07) is 13.6. The van der Waals surface area contributed by atoms with Crippen molar-refractivity contribution < 1.29 is 33.3 Å². The van der Waals surface area contributed by atoms with Gasteiger partial charge in [-0.2, -0.15) is 10.2 Å². The lowest BCUT2D eigenvalue weighted by Gasteiger charge is -2.13. The van der Waals surface area contributed by atoms with Crippen LogP contribution in [0.1, 0.15) is 38.1 Å². The average Bonchev–Trinajstić information content (AvgIpc) is 2.91. The highest BCUT2D eigenvalue weighted by Crippen LogP contribution is 2.22. The highest BCUT2D eigenvalue weighted by Gasteiger charge is 2.13. The Balaban J connectivity index is 1.78. The van der Waals surface area contributed by atoms with E-state index in [1.54, 1.807) is 62.4 Å². The Labute approximate surface area is 223 Å². The van der Waals surface area contributed by atoms with Crippen LogP contribution in [0, 0.1) is 11.8 Å². The Morgan fingerprint density at radius 1 is 0.684 bits per heavy atom. The van der Waals surface area contributed by atoms with E-state index in [0.717, 1.165) is 0 Å². The average molecular weight is 523 g/mol. The van der Waals surface area contributed by atoms with Crippen molar-refractivity contribution in [3.05, 3.63) is 78.4 Å². The van der Waals surface area contributed by atoms with Gasteiger partial charge >= 0.3 is 17.9 Å². The van der Waals surface area contributed by atoms with E-state index in [1.165, 1.54) is 0 Å². The fourth-order valence-electron chi connectivity index (χ4n) is 2.71. The van der Waals surface area contributed by atoms with Gasteiger partial charge in [0, 0.05) is 23.0 Å². The standard InChI is InChI=1S/C29H34N2O7/c1-19(2)27(32)36-16-21(5)15-35-26-13-11-25(12-14-26)31-30-24-9-7-23(8-10-24)29(34)38-18-22(6)17-37-28(33)20(3)4/h7-14,21-22H,1,3,15-18H2,2,4-6H3/t21-,22+/m1/s1. The third-order valence-electron chi connectivity index (χ3n) is 4.95. The van der Waals surface area contributed by atoms with Crippen LogP contribution in [0.25, 0.3) is 0 Å².